The van der Waals surface area contributed by atoms with Crippen LogP contribution in [0.4, 0.5) is 0 Å². The Morgan fingerprint density at radius 2 is 1.54 bits per heavy atom. The summed E-state index contributed by atoms with van der Waals surface area (Å²) in [5, 5.41) is 2.78. The van der Waals surface area contributed by atoms with Gasteiger partial charge in [-0.2, -0.15) is 6.07 Å². The van der Waals surface area contributed by atoms with Crippen LogP contribution in [0.15, 0.2) is 54.6 Å². The van der Waals surface area contributed by atoms with Gasteiger partial charge in [-0.1, -0.05) is 69.0 Å². The molecule has 0 aromatic heterocycles. The molecule has 0 heterocycles. The number of unbranched alkanes of at least 4 members (excludes halogenated alkanes) is 2. The van der Waals surface area contributed by atoms with E-state index in [2.05, 4.69) is 68.4 Å². The van der Waals surface area contributed by atoms with Crippen molar-refractivity contribution in [2.75, 3.05) is 0 Å². The number of hydrogen-bond acceptors (Lipinski definition) is 0. The zero-order valence-electron chi connectivity index (χ0n) is 14.9. The van der Waals surface area contributed by atoms with Gasteiger partial charge < -0.3 is 0 Å². The van der Waals surface area contributed by atoms with Gasteiger partial charge in [-0.25, -0.2) is 0 Å². The Bertz CT molecular complexity index is 749. The van der Waals surface area contributed by atoms with Crippen LogP contribution in [-0.2, 0) is 39.0 Å². The van der Waals surface area contributed by atoms with E-state index in [1.165, 1.54) is 71.6 Å². The molecular weight excluding hydrogens is 367 g/mol. The van der Waals surface area contributed by atoms with Gasteiger partial charge in [-0.15, -0.1) is 34.5 Å². The van der Waals surface area contributed by atoms with Gasteiger partial charge in [0, 0.05) is 26.2 Å². The minimum atomic E-state index is 0. The average molecular weight is 395 g/mol. The second kappa shape index (κ2) is 9.43. The third-order valence-corrected chi connectivity index (χ3v) is 4.71. The van der Waals surface area contributed by atoms with E-state index in [0.29, 0.717) is 0 Å². The molecule has 0 atom stereocenters. The Hall–Kier alpha value is -1.07. The topological polar surface area (TPSA) is 0 Å². The number of rotatable bonds is 7. The largest absolute Gasteiger partial charge is 0.164 e. The van der Waals surface area contributed by atoms with Crippen LogP contribution in [0.25, 0.3) is 21.9 Å². The van der Waals surface area contributed by atoms with E-state index >= 15 is 0 Å². The first-order valence-corrected chi connectivity index (χ1v) is 9.09. The van der Waals surface area contributed by atoms with Crippen LogP contribution in [0.2, 0.25) is 0 Å². The van der Waals surface area contributed by atoms with Crippen molar-refractivity contribution < 1.29 is 26.2 Å². The summed E-state index contributed by atoms with van der Waals surface area (Å²) >= 11 is 0. The van der Waals surface area contributed by atoms with Crippen LogP contribution in [-0.4, -0.2) is 0 Å². The van der Waals surface area contributed by atoms with Crippen LogP contribution in [0, 0.1) is 0 Å². The summed E-state index contributed by atoms with van der Waals surface area (Å²) < 4.78 is 0. The molecule has 0 aliphatic carbocycles. The van der Waals surface area contributed by atoms with Crippen molar-refractivity contribution in [3.05, 3.63) is 65.7 Å². The minimum Gasteiger partial charge on any atom is -0.164 e. The molecule has 0 nitrogen and oxygen atoms in total. The first-order chi connectivity index (χ1) is 11.3. The number of aryl methyl sites for hydroxylation is 2. The summed E-state index contributed by atoms with van der Waals surface area (Å²) in [7, 11) is 0. The van der Waals surface area contributed by atoms with Crippen molar-refractivity contribution >= 4 is 10.8 Å². The van der Waals surface area contributed by atoms with Gasteiger partial charge in [-0.05, 0) is 30.4 Å². The quantitative estimate of drug-likeness (QED) is 0.382. The molecule has 0 radical (unpaired) electrons. The van der Waals surface area contributed by atoms with E-state index < -0.39 is 0 Å². The summed E-state index contributed by atoms with van der Waals surface area (Å²) in [6, 6.07) is 20.6. The predicted molar refractivity (Wildman–Crippen MR) is 102 cm³/mol. The van der Waals surface area contributed by atoms with Crippen molar-refractivity contribution in [3.8, 4) is 11.1 Å². The molecule has 124 valence electrons. The molecule has 0 fully saturated rings. The Labute approximate surface area is 165 Å². The summed E-state index contributed by atoms with van der Waals surface area (Å²) in [4.78, 5) is 0. The minimum absolute atomic E-state index is 0. The molecule has 0 bridgehead atoms. The number of hydrogen-bond donors (Lipinski definition) is 0. The van der Waals surface area contributed by atoms with Crippen molar-refractivity contribution in [2.24, 2.45) is 0 Å². The third kappa shape index (κ3) is 4.51. The van der Waals surface area contributed by atoms with Gasteiger partial charge in [0.25, 0.3) is 0 Å². The fourth-order valence-corrected chi connectivity index (χ4v) is 3.31. The smallest absolute Gasteiger partial charge is 0 e. The van der Waals surface area contributed by atoms with E-state index in [-0.39, 0.29) is 26.2 Å². The van der Waals surface area contributed by atoms with Gasteiger partial charge >= 0.3 is 0 Å². The fraction of sp³-hybridized carbons (Fsp3) is 0.348. The fourth-order valence-electron chi connectivity index (χ4n) is 3.31. The Balaban J connectivity index is 0.00000208. The standard InChI is InChI=1S/C23H27.Zr/c1-3-5-8-18-12-14-20(15-13-18)22-11-7-10-21-16-19(9-6-4-2)17-23(21)22;/h7,10-17H,3-6,8-9H2,1-2H3;/q-1;. The van der Waals surface area contributed by atoms with Crippen LogP contribution in [0.5, 0.6) is 0 Å². The second-order valence-corrected chi connectivity index (χ2v) is 6.58. The molecule has 0 saturated carbocycles. The molecule has 1 heteroatoms. The van der Waals surface area contributed by atoms with Crippen molar-refractivity contribution in [1.82, 2.24) is 0 Å². The average Bonchev–Trinajstić information content (AvgIpc) is 3.01. The molecule has 3 rings (SSSR count). The Kier molecular flexibility index (Phi) is 7.56. The van der Waals surface area contributed by atoms with E-state index in [4.69, 9.17) is 0 Å². The van der Waals surface area contributed by atoms with E-state index in [9.17, 15) is 0 Å². The molecular formula is C23H27Zr-. The van der Waals surface area contributed by atoms with Crippen molar-refractivity contribution in [1.29, 1.82) is 0 Å². The zero-order valence-corrected chi connectivity index (χ0v) is 17.4. The van der Waals surface area contributed by atoms with E-state index in [1.807, 2.05) is 0 Å². The second-order valence-electron chi connectivity index (χ2n) is 6.58. The van der Waals surface area contributed by atoms with E-state index in [0.717, 1.165) is 0 Å². The molecule has 3 aromatic rings. The van der Waals surface area contributed by atoms with Crippen LogP contribution in [0.3, 0.4) is 0 Å². The van der Waals surface area contributed by atoms with Crippen molar-refractivity contribution in [3.63, 3.8) is 0 Å². The summed E-state index contributed by atoms with van der Waals surface area (Å²) in [5.74, 6) is 0. The van der Waals surface area contributed by atoms with Gasteiger partial charge in [0.15, 0.2) is 0 Å². The first-order valence-electron chi connectivity index (χ1n) is 9.09. The van der Waals surface area contributed by atoms with Crippen molar-refractivity contribution in [2.45, 2.75) is 52.4 Å². The molecule has 0 aliphatic rings. The summed E-state index contributed by atoms with van der Waals surface area (Å²) in [6.07, 6.45) is 7.46. The third-order valence-electron chi connectivity index (χ3n) is 4.71. The van der Waals surface area contributed by atoms with Crippen LogP contribution >= 0.6 is 0 Å². The molecule has 0 aliphatic heterocycles. The zero-order chi connectivity index (χ0) is 16.1. The van der Waals surface area contributed by atoms with Crippen LogP contribution < -0.4 is 0 Å². The molecule has 3 aromatic carbocycles. The molecule has 0 saturated heterocycles. The molecule has 0 unspecified atom stereocenters. The van der Waals surface area contributed by atoms with Crippen LogP contribution in [0.1, 0.15) is 50.7 Å². The summed E-state index contributed by atoms with van der Waals surface area (Å²) in [6.45, 7) is 4.51. The van der Waals surface area contributed by atoms with E-state index in [1.54, 1.807) is 0 Å². The molecule has 0 amide bonds. The Morgan fingerprint density at radius 1 is 0.833 bits per heavy atom. The maximum atomic E-state index is 2.39. The Morgan fingerprint density at radius 3 is 2.25 bits per heavy atom. The first kappa shape index (κ1) is 19.3. The monoisotopic (exact) mass is 393 g/mol. The molecule has 0 spiro atoms. The molecule has 24 heavy (non-hydrogen) atoms. The predicted octanol–water partition coefficient (Wildman–Crippen LogP) is 6.91. The normalized spacial score (nSPS) is 10.8. The number of benzene rings is 2. The summed E-state index contributed by atoms with van der Waals surface area (Å²) in [5.41, 5.74) is 5.64. The maximum Gasteiger partial charge on any atom is 0 e. The van der Waals surface area contributed by atoms with Gasteiger partial charge in [0.1, 0.15) is 0 Å². The maximum absolute atomic E-state index is 2.39. The van der Waals surface area contributed by atoms with Gasteiger partial charge in [-0.3, -0.25) is 0 Å². The van der Waals surface area contributed by atoms with Gasteiger partial charge in [0.2, 0.25) is 0 Å². The SMILES string of the molecule is CCCCc1ccc(-c2cccc3[cH-]c(CCCC)cc23)cc1.[Zr]. The molecule has 0 N–H and O–H groups in total. The van der Waals surface area contributed by atoms with Gasteiger partial charge in [0.05, 0.1) is 0 Å². The number of fused-ring (bicyclic) bond motifs is 1.